The fourth-order valence-corrected chi connectivity index (χ4v) is 3.20. The van der Waals surface area contributed by atoms with Gasteiger partial charge in [-0.15, -0.1) is 24.8 Å². The lowest BCUT2D eigenvalue weighted by atomic mass is 9.96. The maximum absolute atomic E-state index is 12.4. The number of halogens is 4. The van der Waals surface area contributed by atoms with Crippen LogP contribution in [0.15, 0.2) is 54.6 Å². The minimum Gasteiger partial charge on any atom is -0.435 e. The molecular weight excluding hydrogens is 381 g/mol. The number of benzene rings is 2. The van der Waals surface area contributed by atoms with Crippen LogP contribution in [-0.4, -0.2) is 37.7 Å². The van der Waals surface area contributed by atoms with Crippen LogP contribution in [0.4, 0.5) is 8.78 Å². The predicted octanol–water partition coefficient (Wildman–Crippen LogP) is 4.32. The summed E-state index contributed by atoms with van der Waals surface area (Å²) in [5.41, 5.74) is 2.25. The van der Waals surface area contributed by atoms with Crippen LogP contribution in [0.1, 0.15) is 17.2 Å². The first kappa shape index (κ1) is 22.6. The number of piperazine rings is 1. The fraction of sp³-hybridized carbons (Fsp3) is 0.368. The zero-order valence-corrected chi connectivity index (χ0v) is 15.9. The first-order valence-corrected chi connectivity index (χ1v) is 8.26. The summed E-state index contributed by atoms with van der Waals surface area (Å²) >= 11 is 0. The third-order valence-corrected chi connectivity index (χ3v) is 4.33. The van der Waals surface area contributed by atoms with E-state index in [1.165, 1.54) is 5.56 Å². The molecule has 7 heteroatoms. The second-order valence-corrected chi connectivity index (χ2v) is 5.94. The summed E-state index contributed by atoms with van der Waals surface area (Å²) in [6.45, 7) is 1.10. The molecule has 1 fully saturated rings. The highest BCUT2D eigenvalue weighted by atomic mass is 35.5. The van der Waals surface area contributed by atoms with Gasteiger partial charge in [0.1, 0.15) is 5.75 Å². The van der Waals surface area contributed by atoms with Crippen molar-refractivity contribution in [3.05, 3.63) is 65.7 Å². The predicted molar refractivity (Wildman–Crippen MR) is 105 cm³/mol. The van der Waals surface area contributed by atoms with Crippen LogP contribution in [0.2, 0.25) is 0 Å². The van der Waals surface area contributed by atoms with Crippen molar-refractivity contribution >= 4 is 24.8 Å². The van der Waals surface area contributed by atoms with Crippen molar-refractivity contribution in [2.75, 3.05) is 26.2 Å². The quantitative estimate of drug-likeness (QED) is 0.775. The second-order valence-electron chi connectivity index (χ2n) is 5.94. The van der Waals surface area contributed by atoms with Gasteiger partial charge in [0.25, 0.3) is 0 Å². The lowest BCUT2D eigenvalue weighted by Gasteiger charge is -2.35. The van der Waals surface area contributed by atoms with Gasteiger partial charge in [0.15, 0.2) is 0 Å². The number of hydrogen-bond donors (Lipinski definition) is 1. The van der Waals surface area contributed by atoms with Crippen molar-refractivity contribution in [3.8, 4) is 5.75 Å². The van der Waals surface area contributed by atoms with Crippen molar-refractivity contribution < 1.29 is 13.5 Å². The minimum atomic E-state index is -2.79. The fourth-order valence-electron chi connectivity index (χ4n) is 3.20. The number of rotatable bonds is 6. The molecule has 3 nitrogen and oxygen atoms in total. The molecule has 3 rings (SSSR count). The Morgan fingerprint density at radius 1 is 0.962 bits per heavy atom. The van der Waals surface area contributed by atoms with Gasteiger partial charge in [0.2, 0.25) is 0 Å². The molecular formula is C19H24Cl2F2N2O. The summed E-state index contributed by atoms with van der Waals surface area (Å²) in [4.78, 5) is 2.45. The Morgan fingerprint density at radius 2 is 1.65 bits per heavy atom. The molecule has 0 bridgehead atoms. The van der Waals surface area contributed by atoms with E-state index in [0.29, 0.717) is 0 Å². The van der Waals surface area contributed by atoms with E-state index in [1.807, 2.05) is 24.3 Å². The molecule has 0 aliphatic carbocycles. The smallest absolute Gasteiger partial charge is 0.387 e. The molecule has 2 aromatic rings. The van der Waals surface area contributed by atoms with E-state index in [0.717, 1.165) is 38.2 Å². The summed E-state index contributed by atoms with van der Waals surface area (Å²) in [7, 11) is 0. The van der Waals surface area contributed by atoms with Crippen LogP contribution >= 0.6 is 24.8 Å². The Hall–Kier alpha value is -1.40. The largest absolute Gasteiger partial charge is 0.435 e. The molecule has 0 radical (unpaired) electrons. The van der Waals surface area contributed by atoms with Gasteiger partial charge < -0.3 is 10.1 Å². The third-order valence-electron chi connectivity index (χ3n) is 4.33. The molecule has 1 N–H and O–H groups in total. The molecule has 26 heavy (non-hydrogen) atoms. The van der Waals surface area contributed by atoms with Crippen LogP contribution in [0.3, 0.4) is 0 Å². The van der Waals surface area contributed by atoms with E-state index in [4.69, 9.17) is 0 Å². The van der Waals surface area contributed by atoms with Gasteiger partial charge >= 0.3 is 6.61 Å². The van der Waals surface area contributed by atoms with Crippen LogP contribution in [0, 0.1) is 0 Å². The van der Waals surface area contributed by atoms with Crippen molar-refractivity contribution in [2.45, 2.75) is 19.1 Å². The number of ether oxygens (including phenoxy) is 1. The van der Waals surface area contributed by atoms with E-state index >= 15 is 0 Å². The highest BCUT2D eigenvalue weighted by Gasteiger charge is 2.22. The lowest BCUT2D eigenvalue weighted by molar-refractivity contribution is -0.0498. The normalized spacial score (nSPS) is 15.7. The number of nitrogens with zero attached hydrogens (tertiary/aromatic N) is 1. The van der Waals surface area contributed by atoms with E-state index in [2.05, 4.69) is 27.1 Å². The van der Waals surface area contributed by atoms with Gasteiger partial charge in [0, 0.05) is 32.2 Å². The second kappa shape index (κ2) is 11.3. The molecule has 1 aliphatic rings. The van der Waals surface area contributed by atoms with Gasteiger partial charge in [-0.25, -0.2) is 0 Å². The summed E-state index contributed by atoms with van der Waals surface area (Å²) in [6, 6.07) is 17.6. The zero-order chi connectivity index (χ0) is 16.8. The maximum atomic E-state index is 12.4. The molecule has 0 amide bonds. The highest BCUT2D eigenvalue weighted by molar-refractivity contribution is 5.85. The zero-order valence-electron chi connectivity index (χ0n) is 14.3. The summed E-state index contributed by atoms with van der Waals surface area (Å²) < 4.78 is 29.4. The Kier molecular flexibility index (Phi) is 9.88. The summed E-state index contributed by atoms with van der Waals surface area (Å²) in [6.07, 6.45) is 0.768. The van der Waals surface area contributed by atoms with E-state index < -0.39 is 6.61 Å². The van der Waals surface area contributed by atoms with Crippen molar-refractivity contribution in [1.82, 2.24) is 10.2 Å². The molecule has 1 saturated heterocycles. The van der Waals surface area contributed by atoms with Crippen molar-refractivity contribution in [1.29, 1.82) is 0 Å². The Bertz CT molecular complexity index is 640. The van der Waals surface area contributed by atoms with Crippen molar-refractivity contribution in [3.63, 3.8) is 0 Å². The monoisotopic (exact) mass is 404 g/mol. The van der Waals surface area contributed by atoms with Crippen LogP contribution in [-0.2, 0) is 6.42 Å². The van der Waals surface area contributed by atoms with Crippen LogP contribution in [0.25, 0.3) is 0 Å². The van der Waals surface area contributed by atoms with Gasteiger partial charge in [-0.2, -0.15) is 8.78 Å². The number of alkyl halides is 2. The van der Waals surface area contributed by atoms with E-state index in [9.17, 15) is 8.78 Å². The number of hydrogen-bond acceptors (Lipinski definition) is 3. The molecule has 0 saturated carbocycles. The van der Waals surface area contributed by atoms with E-state index in [-0.39, 0.29) is 36.6 Å². The Morgan fingerprint density at radius 3 is 2.31 bits per heavy atom. The van der Waals surface area contributed by atoms with Crippen LogP contribution in [0.5, 0.6) is 5.75 Å². The highest BCUT2D eigenvalue weighted by Crippen LogP contribution is 2.27. The Labute approximate surface area is 165 Å². The molecule has 0 aromatic heterocycles. The maximum Gasteiger partial charge on any atom is 0.387 e. The minimum absolute atomic E-state index is 0. The molecule has 1 atom stereocenters. The summed E-state index contributed by atoms with van der Waals surface area (Å²) in [5.74, 6) is 0.217. The van der Waals surface area contributed by atoms with Crippen LogP contribution < -0.4 is 10.1 Å². The van der Waals surface area contributed by atoms with Gasteiger partial charge in [-0.3, -0.25) is 4.90 Å². The van der Waals surface area contributed by atoms with E-state index in [1.54, 1.807) is 18.2 Å². The lowest BCUT2D eigenvalue weighted by Crippen LogP contribution is -2.45. The Balaban J connectivity index is 0.00000169. The topological polar surface area (TPSA) is 24.5 Å². The van der Waals surface area contributed by atoms with Gasteiger partial charge in [0.05, 0.1) is 0 Å². The third kappa shape index (κ3) is 6.40. The summed E-state index contributed by atoms with van der Waals surface area (Å²) in [5, 5.41) is 3.37. The average molecular weight is 405 g/mol. The first-order valence-electron chi connectivity index (χ1n) is 8.26. The standard InChI is InChI=1S/C19H22F2N2O.2ClH/c20-19(21)24-17-8-4-5-15(13-17)14-18(16-6-2-1-3-7-16)23-11-9-22-10-12-23;;/h1-8,13,18-19,22H,9-12,14H2;2*1H. The van der Waals surface area contributed by atoms with Gasteiger partial charge in [-0.1, -0.05) is 42.5 Å². The van der Waals surface area contributed by atoms with Gasteiger partial charge in [-0.05, 0) is 29.7 Å². The molecule has 2 aromatic carbocycles. The number of nitrogens with one attached hydrogen (secondary N) is 1. The molecule has 144 valence electrons. The SMILES string of the molecule is Cl.Cl.FC(F)Oc1cccc(CC(c2ccccc2)N2CCNCC2)c1. The molecule has 1 unspecified atom stereocenters. The van der Waals surface area contributed by atoms with Crippen molar-refractivity contribution in [2.24, 2.45) is 0 Å². The first-order chi connectivity index (χ1) is 11.7. The average Bonchev–Trinajstić information content (AvgIpc) is 2.61. The molecule has 1 heterocycles. The molecule has 1 aliphatic heterocycles. The molecule has 0 spiro atoms.